The van der Waals surface area contributed by atoms with Crippen LogP contribution >= 0.6 is 15.9 Å². The Morgan fingerprint density at radius 1 is 1.28 bits per heavy atom. The number of benzene rings is 1. The Balaban J connectivity index is 1.79. The largest absolute Gasteiger partial charge is 0.454 e. The van der Waals surface area contributed by atoms with Gasteiger partial charge in [0.05, 0.1) is 19.8 Å². The molecule has 2 rings (SSSR count). The van der Waals surface area contributed by atoms with E-state index in [2.05, 4.69) is 21.2 Å². The molecule has 0 aromatic heterocycles. The summed E-state index contributed by atoms with van der Waals surface area (Å²) in [5.74, 6) is 1.56. The molecule has 0 spiro atoms. The van der Waals surface area contributed by atoms with E-state index in [4.69, 9.17) is 19.3 Å². The lowest BCUT2D eigenvalue weighted by molar-refractivity contribution is 0.0938. The lowest BCUT2D eigenvalue weighted by Crippen LogP contribution is -2.20. The van der Waals surface area contributed by atoms with Gasteiger partial charge in [0.25, 0.3) is 0 Å². The average Bonchev–Trinajstić information content (AvgIpc) is 2.80. The first kappa shape index (κ1) is 13.6. The van der Waals surface area contributed by atoms with Gasteiger partial charge in [0.15, 0.2) is 11.5 Å². The number of hydrogen-bond acceptors (Lipinski definition) is 5. The molecule has 6 heteroatoms. The number of halogens is 1. The average molecular weight is 318 g/mol. The molecule has 0 fully saturated rings. The third-order valence-corrected chi connectivity index (χ3v) is 3.25. The molecule has 1 aliphatic rings. The molecule has 1 aromatic carbocycles. The van der Waals surface area contributed by atoms with E-state index in [1.807, 2.05) is 12.1 Å². The summed E-state index contributed by atoms with van der Waals surface area (Å²) in [6.07, 6.45) is 0. The first-order chi connectivity index (χ1) is 8.81. The van der Waals surface area contributed by atoms with Crippen LogP contribution in [-0.4, -0.2) is 38.3 Å². The zero-order valence-corrected chi connectivity index (χ0v) is 11.5. The lowest BCUT2D eigenvalue weighted by Gasteiger charge is -2.08. The van der Waals surface area contributed by atoms with Crippen LogP contribution in [0.5, 0.6) is 11.5 Å². The van der Waals surface area contributed by atoms with Gasteiger partial charge in [-0.1, -0.05) is 15.9 Å². The molecule has 0 saturated heterocycles. The maximum atomic E-state index is 8.55. The number of hydrogen-bond donors (Lipinski definition) is 2. The van der Waals surface area contributed by atoms with Crippen molar-refractivity contribution in [1.82, 2.24) is 5.32 Å². The quantitative estimate of drug-likeness (QED) is 0.742. The van der Waals surface area contributed by atoms with Gasteiger partial charge in [-0.2, -0.15) is 0 Å². The van der Waals surface area contributed by atoms with E-state index in [1.165, 1.54) is 0 Å². The van der Waals surface area contributed by atoms with E-state index in [1.54, 1.807) is 0 Å². The minimum absolute atomic E-state index is 0.0632. The van der Waals surface area contributed by atoms with Gasteiger partial charge in [-0.05, 0) is 17.7 Å². The molecular weight excluding hydrogens is 302 g/mol. The summed E-state index contributed by atoms with van der Waals surface area (Å²) < 4.78 is 16.8. The van der Waals surface area contributed by atoms with Crippen LogP contribution in [0.25, 0.3) is 0 Å². The van der Waals surface area contributed by atoms with Gasteiger partial charge in [0, 0.05) is 17.6 Å². The van der Waals surface area contributed by atoms with Crippen LogP contribution in [0.1, 0.15) is 5.56 Å². The number of ether oxygens (including phenoxy) is 3. The summed E-state index contributed by atoms with van der Waals surface area (Å²) in [5, 5.41) is 11.8. The Morgan fingerprint density at radius 3 is 2.83 bits per heavy atom. The summed E-state index contributed by atoms with van der Waals surface area (Å²) in [6.45, 7) is 2.78. The van der Waals surface area contributed by atoms with Crippen molar-refractivity contribution in [3.8, 4) is 11.5 Å². The number of nitrogens with one attached hydrogen (secondary N) is 1. The minimum Gasteiger partial charge on any atom is -0.454 e. The molecule has 0 unspecified atom stereocenters. The second-order valence-electron chi connectivity index (χ2n) is 3.81. The monoisotopic (exact) mass is 317 g/mol. The van der Waals surface area contributed by atoms with Gasteiger partial charge in [-0.15, -0.1) is 0 Å². The van der Waals surface area contributed by atoms with Gasteiger partial charge in [-0.25, -0.2) is 0 Å². The molecule has 100 valence electrons. The molecule has 0 radical (unpaired) electrons. The SMILES string of the molecule is OCCOCCNCc1cc2c(cc1Br)OCO2. The zero-order valence-electron chi connectivity index (χ0n) is 9.95. The van der Waals surface area contributed by atoms with Crippen molar-refractivity contribution < 1.29 is 19.3 Å². The molecule has 5 nitrogen and oxygen atoms in total. The number of aliphatic hydroxyl groups excluding tert-OH is 1. The van der Waals surface area contributed by atoms with Crippen molar-refractivity contribution in [2.45, 2.75) is 6.54 Å². The number of aliphatic hydroxyl groups is 1. The standard InChI is InChI=1S/C12H16BrNO4/c13-10-6-12-11(17-8-18-12)5-9(10)7-14-1-3-16-4-2-15/h5-6,14-15H,1-4,7-8H2. The van der Waals surface area contributed by atoms with Crippen LogP contribution in [0.15, 0.2) is 16.6 Å². The molecule has 1 aliphatic heterocycles. The zero-order chi connectivity index (χ0) is 12.8. The van der Waals surface area contributed by atoms with Crippen molar-refractivity contribution in [3.63, 3.8) is 0 Å². The fourth-order valence-corrected chi connectivity index (χ4v) is 2.09. The molecule has 0 saturated carbocycles. The van der Waals surface area contributed by atoms with E-state index in [9.17, 15) is 0 Å². The summed E-state index contributed by atoms with van der Waals surface area (Å²) in [4.78, 5) is 0. The van der Waals surface area contributed by atoms with E-state index >= 15 is 0 Å². The Kier molecular flexibility index (Phi) is 5.25. The maximum Gasteiger partial charge on any atom is 0.231 e. The van der Waals surface area contributed by atoms with Crippen molar-refractivity contribution >= 4 is 15.9 Å². The van der Waals surface area contributed by atoms with Crippen LogP contribution in [0.4, 0.5) is 0 Å². The highest BCUT2D eigenvalue weighted by molar-refractivity contribution is 9.10. The van der Waals surface area contributed by atoms with E-state index < -0.39 is 0 Å². The highest BCUT2D eigenvalue weighted by Gasteiger charge is 2.15. The molecule has 0 bridgehead atoms. The fourth-order valence-electron chi connectivity index (χ4n) is 1.63. The first-order valence-corrected chi connectivity index (χ1v) is 6.58. The topological polar surface area (TPSA) is 60.0 Å². The lowest BCUT2D eigenvalue weighted by atomic mass is 10.2. The predicted octanol–water partition coefficient (Wildman–Crippen LogP) is 1.28. The van der Waals surface area contributed by atoms with E-state index in [0.717, 1.165) is 34.6 Å². The Bertz CT molecular complexity index is 400. The Labute approximate surface area is 114 Å². The Hall–Kier alpha value is -0.820. The van der Waals surface area contributed by atoms with Crippen LogP contribution in [0, 0.1) is 0 Å². The summed E-state index contributed by atoms with van der Waals surface area (Å²) >= 11 is 3.50. The van der Waals surface area contributed by atoms with Crippen molar-refractivity contribution in [2.24, 2.45) is 0 Å². The van der Waals surface area contributed by atoms with Gasteiger partial charge in [0.2, 0.25) is 6.79 Å². The van der Waals surface area contributed by atoms with Gasteiger partial charge >= 0.3 is 0 Å². The fraction of sp³-hybridized carbons (Fsp3) is 0.500. The molecule has 0 atom stereocenters. The highest BCUT2D eigenvalue weighted by atomic mass is 79.9. The second-order valence-corrected chi connectivity index (χ2v) is 4.66. The molecule has 1 heterocycles. The Morgan fingerprint density at radius 2 is 2.06 bits per heavy atom. The van der Waals surface area contributed by atoms with Crippen molar-refractivity contribution in [1.29, 1.82) is 0 Å². The molecule has 18 heavy (non-hydrogen) atoms. The van der Waals surface area contributed by atoms with Crippen LogP contribution in [0.2, 0.25) is 0 Å². The van der Waals surface area contributed by atoms with Crippen LogP contribution in [-0.2, 0) is 11.3 Å². The predicted molar refractivity (Wildman–Crippen MR) is 69.9 cm³/mol. The van der Waals surface area contributed by atoms with Crippen LogP contribution in [0.3, 0.4) is 0 Å². The summed E-state index contributed by atoms with van der Waals surface area (Å²) in [7, 11) is 0. The van der Waals surface area contributed by atoms with E-state index in [0.29, 0.717) is 13.2 Å². The molecule has 2 N–H and O–H groups in total. The highest BCUT2D eigenvalue weighted by Crippen LogP contribution is 2.36. The van der Waals surface area contributed by atoms with Crippen LogP contribution < -0.4 is 14.8 Å². The summed E-state index contributed by atoms with van der Waals surface area (Å²) in [5.41, 5.74) is 1.11. The smallest absolute Gasteiger partial charge is 0.231 e. The normalized spacial score (nSPS) is 13.0. The van der Waals surface area contributed by atoms with Gasteiger partial charge < -0.3 is 24.6 Å². The minimum atomic E-state index is 0.0632. The van der Waals surface area contributed by atoms with Gasteiger partial charge in [-0.3, -0.25) is 0 Å². The second kappa shape index (κ2) is 6.94. The third kappa shape index (κ3) is 3.58. The molecule has 0 amide bonds. The van der Waals surface area contributed by atoms with Crippen molar-refractivity contribution in [3.05, 3.63) is 22.2 Å². The molecular formula is C12H16BrNO4. The van der Waals surface area contributed by atoms with E-state index in [-0.39, 0.29) is 13.4 Å². The number of rotatable bonds is 7. The van der Waals surface area contributed by atoms with Crippen molar-refractivity contribution in [2.75, 3.05) is 33.2 Å². The molecule has 0 aliphatic carbocycles. The van der Waals surface area contributed by atoms with Gasteiger partial charge in [0.1, 0.15) is 0 Å². The third-order valence-electron chi connectivity index (χ3n) is 2.52. The maximum absolute atomic E-state index is 8.55. The molecule has 1 aromatic rings. The summed E-state index contributed by atoms with van der Waals surface area (Å²) in [6, 6.07) is 3.88. The number of fused-ring (bicyclic) bond motifs is 1. The first-order valence-electron chi connectivity index (χ1n) is 5.78.